The summed E-state index contributed by atoms with van der Waals surface area (Å²) in [4.78, 5) is 25.7. The summed E-state index contributed by atoms with van der Waals surface area (Å²) < 4.78 is 0. The summed E-state index contributed by atoms with van der Waals surface area (Å²) in [6.45, 7) is 1.20. The van der Waals surface area contributed by atoms with Gasteiger partial charge in [-0.3, -0.25) is 14.5 Å². The lowest BCUT2D eigenvalue weighted by Gasteiger charge is -2.22. The zero-order valence-electron chi connectivity index (χ0n) is 11.3. The Morgan fingerprint density at radius 1 is 1.32 bits per heavy atom. The second-order valence-electron chi connectivity index (χ2n) is 4.94. The molecule has 0 aromatic heterocycles. The molecule has 0 radical (unpaired) electrons. The average Bonchev–Trinajstić information content (AvgIpc) is 2.87. The first-order valence-corrected chi connectivity index (χ1v) is 6.72. The van der Waals surface area contributed by atoms with Crippen LogP contribution in [-0.2, 0) is 16.0 Å². The van der Waals surface area contributed by atoms with E-state index < -0.39 is 0 Å². The van der Waals surface area contributed by atoms with Crippen LogP contribution in [0.4, 0.5) is 0 Å². The maximum absolute atomic E-state index is 12.1. The van der Waals surface area contributed by atoms with Crippen molar-refractivity contribution in [3.8, 4) is 0 Å². The van der Waals surface area contributed by atoms with Gasteiger partial charge in [0, 0.05) is 13.5 Å². The molecule has 0 saturated carbocycles. The topological polar surface area (TPSA) is 49.4 Å². The largest absolute Gasteiger partial charge is 0.358 e. The number of carbonyl (C=O) groups excluding carboxylic acids is 2. The van der Waals surface area contributed by atoms with E-state index in [4.69, 9.17) is 0 Å². The lowest BCUT2D eigenvalue weighted by atomic mass is 10.1. The number of amides is 1. The van der Waals surface area contributed by atoms with Gasteiger partial charge < -0.3 is 5.32 Å². The Bertz CT molecular complexity index is 445. The summed E-state index contributed by atoms with van der Waals surface area (Å²) in [6.07, 6.45) is 2.27. The molecular formula is C15H20N2O2. The van der Waals surface area contributed by atoms with Crippen LogP contribution in [0.1, 0.15) is 18.4 Å². The van der Waals surface area contributed by atoms with Crippen molar-refractivity contribution >= 4 is 11.7 Å². The highest BCUT2D eigenvalue weighted by atomic mass is 16.2. The first kappa shape index (κ1) is 13.7. The summed E-state index contributed by atoms with van der Waals surface area (Å²) >= 11 is 0. The van der Waals surface area contributed by atoms with Crippen LogP contribution in [0.3, 0.4) is 0 Å². The van der Waals surface area contributed by atoms with Crippen LogP contribution in [-0.4, -0.2) is 42.8 Å². The Labute approximate surface area is 113 Å². The Hall–Kier alpha value is -1.68. The molecule has 0 aliphatic carbocycles. The van der Waals surface area contributed by atoms with Crippen LogP contribution in [0, 0.1) is 0 Å². The molecule has 1 saturated heterocycles. The first-order valence-electron chi connectivity index (χ1n) is 6.72. The van der Waals surface area contributed by atoms with Gasteiger partial charge in [-0.1, -0.05) is 30.3 Å². The molecule has 1 fully saturated rings. The molecule has 2 rings (SSSR count). The quantitative estimate of drug-likeness (QED) is 0.859. The molecule has 102 valence electrons. The molecule has 1 aliphatic heterocycles. The van der Waals surface area contributed by atoms with E-state index in [1.807, 2.05) is 35.2 Å². The number of hydrogen-bond donors (Lipinski definition) is 1. The molecule has 4 nitrogen and oxygen atoms in total. The van der Waals surface area contributed by atoms with Gasteiger partial charge in [-0.05, 0) is 24.9 Å². The van der Waals surface area contributed by atoms with Gasteiger partial charge in [-0.25, -0.2) is 0 Å². The van der Waals surface area contributed by atoms with Crippen molar-refractivity contribution in [2.24, 2.45) is 0 Å². The van der Waals surface area contributed by atoms with Crippen LogP contribution in [0.15, 0.2) is 30.3 Å². The SMILES string of the molecule is CNC(=O)C1CCCN1CC(=O)Cc1ccccc1. The maximum Gasteiger partial charge on any atom is 0.237 e. The minimum absolute atomic E-state index is 0.0185. The molecule has 1 aromatic carbocycles. The van der Waals surface area contributed by atoms with Crippen molar-refractivity contribution in [2.45, 2.75) is 25.3 Å². The van der Waals surface area contributed by atoms with Crippen LogP contribution < -0.4 is 5.32 Å². The third kappa shape index (κ3) is 3.64. The van der Waals surface area contributed by atoms with E-state index in [0.29, 0.717) is 13.0 Å². The normalized spacial score (nSPS) is 19.3. The highest BCUT2D eigenvalue weighted by molar-refractivity contribution is 5.85. The van der Waals surface area contributed by atoms with E-state index >= 15 is 0 Å². The zero-order chi connectivity index (χ0) is 13.7. The first-order chi connectivity index (χ1) is 9.20. The van der Waals surface area contributed by atoms with Crippen molar-refractivity contribution < 1.29 is 9.59 Å². The number of benzene rings is 1. The number of likely N-dealkylation sites (N-methyl/N-ethyl adjacent to an activating group) is 1. The summed E-state index contributed by atoms with van der Waals surface area (Å²) in [5.74, 6) is 0.187. The molecule has 4 heteroatoms. The fraction of sp³-hybridized carbons (Fsp3) is 0.467. The van der Waals surface area contributed by atoms with Gasteiger partial charge in [-0.15, -0.1) is 0 Å². The average molecular weight is 260 g/mol. The zero-order valence-corrected chi connectivity index (χ0v) is 11.3. The van der Waals surface area contributed by atoms with Crippen molar-refractivity contribution in [2.75, 3.05) is 20.1 Å². The van der Waals surface area contributed by atoms with Crippen LogP contribution >= 0.6 is 0 Å². The molecule has 1 aliphatic rings. The monoisotopic (exact) mass is 260 g/mol. The van der Waals surface area contributed by atoms with E-state index in [9.17, 15) is 9.59 Å². The van der Waals surface area contributed by atoms with E-state index in [1.165, 1.54) is 0 Å². The lowest BCUT2D eigenvalue weighted by molar-refractivity contribution is -0.126. The number of nitrogens with zero attached hydrogens (tertiary/aromatic N) is 1. The van der Waals surface area contributed by atoms with Crippen molar-refractivity contribution in [3.63, 3.8) is 0 Å². The van der Waals surface area contributed by atoms with Crippen molar-refractivity contribution in [3.05, 3.63) is 35.9 Å². The predicted octanol–water partition coefficient (Wildman–Crippen LogP) is 1.01. The third-order valence-electron chi connectivity index (χ3n) is 3.54. The minimum atomic E-state index is -0.135. The molecule has 0 bridgehead atoms. The second kappa shape index (κ2) is 6.48. The summed E-state index contributed by atoms with van der Waals surface area (Å²) in [7, 11) is 1.64. The van der Waals surface area contributed by atoms with Crippen LogP contribution in [0.25, 0.3) is 0 Å². The standard InChI is InChI=1S/C15H20N2O2/c1-16-15(19)14-8-5-9-17(14)11-13(18)10-12-6-3-2-4-7-12/h2-4,6-7,14H,5,8-11H2,1H3,(H,16,19). The molecule has 1 N–H and O–H groups in total. The maximum atomic E-state index is 12.1. The Balaban J connectivity index is 1.90. The summed E-state index contributed by atoms with van der Waals surface area (Å²) in [5.41, 5.74) is 1.03. The van der Waals surface area contributed by atoms with E-state index in [1.54, 1.807) is 7.05 Å². The number of hydrogen-bond acceptors (Lipinski definition) is 3. The second-order valence-corrected chi connectivity index (χ2v) is 4.94. The number of ketones is 1. The smallest absolute Gasteiger partial charge is 0.237 e. The van der Waals surface area contributed by atoms with E-state index in [2.05, 4.69) is 5.32 Å². The van der Waals surface area contributed by atoms with Crippen LogP contribution in [0.5, 0.6) is 0 Å². The van der Waals surface area contributed by atoms with Gasteiger partial charge in [0.05, 0.1) is 12.6 Å². The number of rotatable bonds is 5. The van der Waals surface area contributed by atoms with Crippen LogP contribution in [0.2, 0.25) is 0 Å². The highest BCUT2D eigenvalue weighted by Crippen LogP contribution is 2.17. The predicted molar refractivity (Wildman–Crippen MR) is 73.8 cm³/mol. The Kier molecular flexibility index (Phi) is 4.68. The lowest BCUT2D eigenvalue weighted by Crippen LogP contribution is -2.44. The Morgan fingerprint density at radius 3 is 2.74 bits per heavy atom. The summed E-state index contributed by atoms with van der Waals surface area (Å²) in [5, 5.41) is 2.67. The van der Waals surface area contributed by atoms with Gasteiger partial charge in [0.25, 0.3) is 0 Å². The number of likely N-dealkylation sites (tertiary alicyclic amines) is 1. The molecule has 1 heterocycles. The molecule has 1 atom stereocenters. The van der Waals surface area contributed by atoms with Gasteiger partial charge in [0.2, 0.25) is 5.91 Å². The molecule has 1 unspecified atom stereocenters. The minimum Gasteiger partial charge on any atom is -0.358 e. The fourth-order valence-corrected chi connectivity index (χ4v) is 2.58. The highest BCUT2D eigenvalue weighted by Gasteiger charge is 2.30. The number of Topliss-reactive ketones (excluding diaryl/α,β-unsaturated/α-hetero) is 1. The van der Waals surface area contributed by atoms with Gasteiger partial charge >= 0.3 is 0 Å². The molecule has 1 aromatic rings. The van der Waals surface area contributed by atoms with Gasteiger partial charge in [-0.2, -0.15) is 0 Å². The van der Waals surface area contributed by atoms with E-state index in [-0.39, 0.29) is 17.7 Å². The summed E-state index contributed by atoms with van der Waals surface area (Å²) in [6, 6.07) is 9.59. The van der Waals surface area contributed by atoms with Crippen molar-refractivity contribution in [1.29, 1.82) is 0 Å². The molecular weight excluding hydrogens is 240 g/mol. The van der Waals surface area contributed by atoms with Crippen molar-refractivity contribution in [1.82, 2.24) is 10.2 Å². The molecule has 19 heavy (non-hydrogen) atoms. The van der Waals surface area contributed by atoms with Gasteiger partial charge in [0.1, 0.15) is 0 Å². The van der Waals surface area contributed by atoms with Gasteiger partial charge in [0.15, 0.2) is 5.78 Å². The number of nitrogens with one attached hydrogen (secondary N) is 1. The molecule has 0 spiro atoms. The third-order valence-corrected chi connectivity index (χ3v) is 3.54. The Morgan fingerprint density at radius 2 is 2.05 bits per heavy atom. The number of carbonyl (C=O) groups is 2. The van der Waals surface area contributed by atoms with E-state index in [0.717, 1.165) is 24.9 Å². The molecule has 1 amide bonds. The fourth-order valence-electron chi connectivity index (χ4n) is 2.58.